The van der Waals surface area contributed by atoms with Gasteiger partial charge in [0, 0.05) is 32.7 Å². The minimum atomic E-state index is -0.222. The number of fused-ring (bicyclic) bond motifs is 1. The predicted octanol–water partition coefficient (Wildman–Crippen LogP) is 1.05. The number of aliphatic hydroxyl groups excluding tert-OH is 1. The number of carbonyl (C=O) groups excluding carboxylic acids is 1. The van der Waals surface area contributed by atoms with Gasteiger partial charge in [-0.25, -0.2) is 0 Å². The summed E-state index contributed by atoms with van der Waals surface area (Å²) in [5.74, 6) is -0.222. The van der Waals surface area contributed by atoms with Crippen molar-refractivity contribution in [2.24, 2.45) is 0 Å². The van der Waals surface area contributed by atoms with Gasteiger partial charge in [-0.2, -0.15) is 5.10 Å². The number of aryl methyl sites for hydroxylation is 1. The van der Waals surface area contributed by atoms with E-state index in [2.05, 4.69) is 39.6 Å². The van der Waals surface area contributed by atoms with E-state index < -0.39 is 0 Å². The molecule has 128 valence electrons. The summed E-state index contributed by atoms with van der Waals surface area (Å²) in [5.41, 5.74) is 2.86. The second-order valence-corrected chi connectivity index (χ2v) is 6.09. The van der Waals surface area contributed by atoms with E-state index in [9.17, 15) is 4.79 Å². The lowest BCUT2D eigenvalue weighted by Gasteiger charge is -2.19. The molecule has 6 heteroatoms. The van der Waals surface area contributed by atoms with Gasteiger partial charge in [0.2, 0.25) is 0 Å². The largest absolute Gasteiger partial charge is 0.395 e. The quantitative estimate of drug-likeness (QED) is 0.832. The lowest BCUT2D eigenvalue weighted by atomic mass is 10.1. The molecule has 0 aliphatic carbocycles. The number of aromatic nitrogens is 2. The molecule has 2 N–H and O–H groups in total. The standard InChI is InChI=1S/C18H24N4O2/c23-12-8-19-18(24)17-13-16-14-21(9-4-10-22(16)20-17)11-7-15-5-2-1-3-6-15/h1-3,5-6,13,23H,4,7-12,14H2,(H,19,24). The highest BCUT2D eigenvalue weighted by atomic mass is 16.3. The molecule has 0 saturated carbocycles. The van der Waals surface area contributed by atoms with Crippen LogP contribution in [-0.2, 0) is 19.5 Å². The number of hydrogen-bond donors (Lipinski definition) is 2. The normalized spacial score (nSPS) is 14.9. The minimum absolute atomic E-state index is 0.0629. The number of carbonyl (C=O) groups is 1. The Balaban J connectivity index is 1.62. The van der Waals surface area contributed by atoms with E-state index in [1.165, 1.54) is 5.56 Å². The van der Waals surface area contributed by atoms with Crippen molar-refractivity contribution in [1.82, 2.24) is 20.0 Å². The van der Waals surface area contributed by atoms with Crippen LogP contribution in [0.1, 0.15) is 28.2 Å². The predicted molar refractivity (Wildman–Crippen MR) is 91.7 cm³/mol. The molecule has 0 atom stereocenters. The van der Waals surface area contributed by atoms with E-state index in [0.29, 0.717) is 5.69 Å². The highest BCUT2D eigenvalue weighted by molar-refractivity contribution is 5.92. The third kappa shape index (κ3) is 4.21. The van der Waals surface area contributed by atoms with Crippen LogP contribution in [0.2, 0.25) is 0 Å². The molecular formula is C18H24N4O2. The molecule has 0 spiro atoms. The van der Waals surface area contributed by atoms with Crippen molar-refractivity contribution >= 4 is 5.91 Å². The summed E-state index contributed by atoms with van der Waals surface area (Å²) in [4.78, 5) is 14.4. The molecule has 1 aliphatic heterocycles. The number of rotatable bonds is 6. The first-order valence-corrected chi connectivity index (χ1v) is 8.48. The van der Waals surface area contributed by atoms with E-state index in [4.69, 9.17) is 5.11 Å². The highest BCUT2D eigenvalue weighted by Gasteiger charge is 2.19. The van der Waals surface area contributed by atoms with Crippen molar-refractivity contribution < 1.29 is 9.90 Å². The maximum atomic E-state index is 12.0. The molecular weight excluding hydrogens is 304 g/mol. The summed E-state index contributed by atoms with van der Waals surface area (Å²) < 4.78 is 1.94. The third-order valence-electron chi connectivity index (χ3n) is 4.28. The maximum Gasteiger partial charge on any atom is 0.271 e. The summed E-state index contributed by atoms with van der Waals surface area (Å²) in [7, 11) is 0. The average molecular weight is 328 g/mol. The van der Waals surface area contributed by atoms with Gasteiger partial charge in [-0.1, -0.05) is 30.3 Å². The summed E-state index contributed by atoms with van der Waals surface area (Å²) >= 11 is 0. The van der Waals surface area contributed by atoms with E-state index in [-0.39, 0.29) is 19.1 Å². The maximum absolute atomic E-state index is 12.0. The molecule has 0 fully saturated rings. The molecule has 0 saturated heterocycles. The Labute approximate surface area is 142 Å². The van der Waals surface area contributed by atoms with Crippen molar-refractivity contribution in [3.8, 4) is 0 Å². The third-order valence-corrected chi connectivity index (χ3v) is 4.28. The van der Waals surface area contributed by atoms with Gasteiger partial charge < -0.3 is 10.4 Å². The van der Waals surface area contributed by atoms with E-state index in [0.717, 1.165) is 44.7 Å². The first-order chi connectivity index (χ1) is 11.8. The Morgan fingerprint density at radius 1 is 1.25 bits per heavy atom. The number of hydrogen-bond acceptors (Lipinski definition) is 4. The number of benzene rings is 1. The molecule has 1 aromatic heterocycles. The van der Waals surface area contributed by atoms with Gasteiger partial charge in [0.25, 0.3) is 5.91 Å². The molecule has 3 rings (SSSR count). The van der Waals surface area contributed by atoms with E-state index in [1.807, 2.05) is 16.8 Å². The van der Waals surface area contributed by atoms with Crippen molar-refractivity contribution in [3.05, 3.63) is 53.3 Å². The lowest BCUT2D eigenvalue weighted by molar-refractivity contribution is 0.0939. The van der Waals surface area contributed by atoms with Crippen LogP contribution in [0, 0.1) is 0 Å². The zero-order chi connectivity index (χ0) is 16.8. The topological polar surface area (TPSA) is 70.4 Å². The van der Waals surface area contributed by atoms with Crippen molar-refractivity contribution in [3.63, 3.8) is 0 Å². The molecule has 2 heterocycles. The first-order valence-electron chi connectivity index (χ1n) is 8.48. The highest BCUT2D eigenvalue weighted by Crippen LogP contribution is 2.14. The smallest absolute Gasteiger partial charge is 0.271 e. The summed E-state index contributed by atoms with van der Waals surface area (Å²) in [6.07, 6.45) is 2.06. The van der Waals surface area contributed by atoms with Gasteiger partial charge >= 0.3 is 0 Å². The van der Waals surface area contributed by atoms with Crippen molar-refractivity contribution in [2.75, 3.05) is 26.2 Å². The van der Waals surface area contributed by atoms with E-state index in [1.54, 1.807) is 0 Å². The van der Waals surface area contributed by atoms with Crippen LogP contribution in [-0.4, -0.2) is 51.9 Å². The van der Waals surface area contributed by atoms with Crippen LogP contribution in [0.25, 0.3) is 0 Å². The van der Waals surface area contributed by atoms with Gasteiger partial charge in [0.1, 0.15) is 5.69 Å². The second kappa shape index (κ2) is 8.08. The average Bonchev–Trinajstić information content (AvgIpc) is 2.91. The number of aliphatic hydroxyl groups is 1. The van der Waals surface area contributed by atoms with Crippen LogP contribution in [0.15, 0.2) is 36.4 Å². The molecule has 1 aromatic carbocycles. The Hall–Kier alpha value is -2.18. The van der Waals surface area contributed by atoms with Crippen molar-refractivity contribution in [1.29, 1.82) is 0 Å². The van der Waals surface area contributed by atoms with Crippen LogP contribution in [0.4, 0.5) is 0 Å². The fourth-order valence-electron chi connectivity index (χ4n) is 3.02. The second-order valence-electron chi connectivity index (χ2n) is 6.09. The van der Waals surface area contributed by atoms with Gasteiger partial charge in [0.15, 0.2) is 0 Å². The first kappa shape index (κ1) is 16.7. The van der Waals surface area contributed by atoms with E-state index >= 15 is 0 Å². The number of nitrogens with zero attached hydrogens (tertiary/aromatic N) is 3. The fraction of sp³-hybridized carbons (Fsp3) is 0.444. The Morgan fingerprint density at radius 3 is 2.88 bits per heavy atom. The number of amides is 1. The van der Waals surface area contributed by atoms with Gasteiger partial charge in [-0.3, -0.25) is 14.4 Å². The SMILES string of the molecule is O=C(NCCO)c1cc2n(n1)CCCN(CCc1ccccc1)C2. The molecule has 24 heavy (non-hydrogen) atoms. The molecule has 2 aromatic rings. The van der Waals surface area contributed by atoms with Crippen LogP contribution in [0.3, 0.4) is 0 Å². The van der Waals surface area contributed by atoms with Gasteiger partial charge in [0.05, 0.1) is 12.3 Å². The summed E-state index contributed by atoms with van der Waals surface area (Å²) in [6.45, 7) is 3.89. The Bertz CT molecular complexity index is 669. The van der Waals surface area contributed by atoms with Crippen LogP contribution >= 0.6 is 0 Å². The van der Waals surface area contributed by atoms with Gasteiger partial charge in [-0.15, -0.1) is 0 Å². The van der Waals surface area contributed by atoms with Crippen LogP contribution in [0.5, 0.6) is 0 Å². The summed E-state index contributed by atoms with van der Waals surface area (Å²) in [5, 5.41) is 15.9. The van der Waals surface area contributed by atoms with Gasteiger partial charge in [-0.05, 0) is 24.5 Å². The Kier molecular flexibility index (Phi) is 5.61. The fourth-order valence-corrected chi connectivity index (χ4v) is 3.02. The molecule has 0 bridgehead atoms. The zero-order valence-corrected chi connectivity index (χ0v) is 13.8. The van der Waals surface area contributed by atoms with Crippen molar-refractivity contribution in [2.45, 2.75) is 25.9 Å². The number of nitrogens with one attached hydrogen (secondary N) is 1. The molecule has 1 aliphatic rings. The molecule has 0 unspecified atom stereocenters. The Morgan fingerprint density at radius 2 is 2.08 bits per heavy atom. The molecule has 1 amide bonds. The minimum Gasteiger partial charge on any atom is -0.395 e. The monoisotopic (exact) mass is 328 g/mol. The van der Waals surface area contributed by atoms with Crippen LogP contribution < -0.4 is 5.32 Å². The zero-order valence-electron chi connectivity index (χ0n) is 13.8. The molecule has 0 radical (unpaired) electrons. The lowest BCUT2D eigenvalue weighted by Crippen LogP contribution is -2.27. The molecule has 6 nitrogen and oxygen atoms in total. The summed E-state index contributed by atoms with van der Waals surface area (Å²) in [6, 6.07) is 12.4.